The second kappa shape index (κ2) is 37.7. The minimum Gasteiger partial charge on any atom is -0.545 e. The number of carboxylic acid groups (broad SMARTS) is 2. The van der Waals surface area contributed by atoms with E-state index in [2.05, 4.69) is 27.7 Å². The van der Waals surface area contributed by atoms with Gasteiger partial charge in [-0.1, -0.05) is 155 Å². The van der Waals surface area contributed by atoms with Crippen molar-refractivity contribution in [3.63, 3.8) is 0 Å². The molecule has 50 heavy (non-hydrogen) atoms. The summed E-state index contributed by atoms with van der Waals surface area (Å²) in [6.45, 7) is 9.20. The molecular weight excluding hydrogens is 686 g/mol. The van der Waals surface area contributed by atoms with E-state index in [-0.39, 0.29) is 0 Å². The van der Waals surface area contributed by atoms with Crippen molar-refractivity contribution in [3.8, 4) is 0 Å². The highest BCUT2D eigenvalue weighted by Gasteiger charge is 2.17. The molecule has 0 saturated carbocycles. The molecule has 0 aliphatic carbocycles. The Hall–Kier alpha value is -1.07. The van der Waals surface area contributed by atoms with Crippen LogP contribution in [0.4, 0.5) is 0 Å². The van der Waals surface area contributed by atoms with Gasteiger partial charge in [-0.2, -0.15) is 8.42 Å². The normalized spacial score (nSPS) is 11.5. The molecule has 1 aromatic carbocycles. The number of carbonyl (C=O) groups excluding carboxylic acids is 2. The summed E-state index contributed by atoms with van der Waals surface area (Å²) in [7, 11) is -3.25. The third-order valence-electron chi connectivity index (χ3n) is 8.76. The van der Waals surface area contributed by atoms with E-state index in [1.54, 1.807) is 24.6 Å². The van der Waals surface area contributed by atoms with Gasteiger partial charge >= 0.3 is 0 Å². The van der Waals surface area contributed by atoms with Gasteiger partial charge in [-0.05, 0) is 67.3 Å². The lowest BCUT2D eigenvalue weighted by Crippen LogP contribution is -2.26. The highest BCUT2D eigenvalue weighted by Crippen LogP contribution is 2.19. The molecule has 1 rings (SSSR count). The quantitative estimate of drug-likeness (QED) is 0.0452. The van der Waals surface area contributed by atoms with Crippen molar-refractivity contribution in [2.75, 3.05) is 24.6 Å². The second-order valence-corrected chi connectivity index (χ2v) is 18.4. The van der Waals surface area contributed by atoms with Gasteiger partial charge in [-0.25, -0.2) is 0 Å². The zero-order valence-corrected chi connectivity index (χ0v) is 35.6. The van der Waals surface area contributed by atoms with Crippen LogP contribution >= 0.6 is 17.2 Å². The predicted octanol–water partition coefficient (Wildman–Crippen LogP) is 9.90. The largest absolute Gasteiger partial charge is 0.545 e. The van der Waals surface area contributed by atoms with Gasteiger partial charge in [-0.3, -0.25) is 4.55 Å². The molecular formula is C40H76O7P2S. The molecule has 0 aliphatic heterocycles. The summed E-state index contributed by atoms with van der Waals surface area (Å²) < 4.78 is 30.3. The average Bonchev–Trinajstić information content (AvgIpc) is 3.09. The van der Waals surface area contributed by atoms with Crippen LogP contribution in [0, 0.1) is 0 Å². The van der Waals surface area contributed by atoms with Crippen molar-refractivity contribution < 1.29 is 32.8 Å². The number of hydrogen-bond donors (Lipinski definition) is 1. The van der Waals surface area contributed by atoms with E-state index < -0.39 is 38.1 Å². The topological polar surface area (TPSA) is 135 Å². The second-order valence-electron chi connectivity index (χ2n) is 13.6. The third-order valence-corrected chi connectivity index (χ3v) is 12.9. The minimum absolute atomic E-state index is 0.482. The van der Waals surface area contributed by atoms with Gasteiger partial charge in [0.1, 0.15) is 4.90 Å². The number of carbonyl (C=O) groups is 2. The molecule has 10 heteroatoms. The maximum Gasteiger partial charge on any atom is 0.295 e. The number of hydrogen-bond acceptors (Lipinski definition) is 6. The van der Waals surface area contributed by atoms with Crippen LogP contribution < -0.4 is 10.2 Å². The number of carboxylic acids is 2. The molecule has 0 bridgehead atoms. The summed E-state index contributed by atoms with van der Waals surface area (Å²) >= 11 is 0. The number of rotatable bonds is 31. The molecule has 0 fully saturated rings. The molecule has 2 atom stereocenters. The summed E-state index contributed by atoms with van der Waals surface area (Å²) in [6.07, 6.45) is 41.5. The molecule has 0 heterocycles. The lowest BCUT2D eigenvalue weighted by Gasteiger charge is -2.10. The molecule has 0 spiro atoms. The van der Waals surface area contributed by atoms with E-state index in [1.165, 1.54) is 154 Å². The van der Waals surface area contributed by atoms with Crippen LogP contribution in [0.1, 0.15) is 203 Å². The molecule has 0 amide bonds. The minimum atomic E-state index is -4.85. The molecule has 7 nitrogen and oxygen atoms in total. The van der Waals surface area contributed by atoms with Crippen LogP contribution in [0.3, 0.4) is 0 Å². The van der Waals surface area contributed by atoms with Gasteiger partial charge in [0.15, 0.2) is 0 Å². The van der Waals surface area contributed by atoms with Crippen LogP contribution in [-0.2, 0) is 10.1 Å². The van der Waals surface area contributed by atoms with E-state index in [9.17, 15) is 28.2 Å². The van der Waals surface area contributed by atoms with Crippen LogP contribution in [0.2, 0.25) is 0 Å². The molecule has 0 aliphatic rings. The van der Waals surface area contributed by atoms with Crippen LogP contribution in [0.15, 0.2) is 23.1 Å². The SMILES string of the molecule is CCCCCCCCCCCC[PH2+]CCCC.CCCCCCCCCCCC[PH2+]CCCC.O=C([O-])c1ccc(C(=O)[O-])c(S(=O)(=O)O)c1. The highest BCUT2D eigenvalue weighted by molar-refractivity contribution is 7.86. The van der Waals surface area contributed by atoms with Crippen molar-refractivity contribution >= 4 is 39.2 Å². The molecule has 1 aromatic rings. The molecule has 1 N–H and O–H groups in total. The Bertz CT molecular complexity index is 977. The van der Waals surface area contributed by atoms with Crippen LogP contribution in [0.5, 0.6) is 0 Å². The number of benzene rings is 1. The van der Waals surface area contributed by atoms with Gasteiger partial charge in [0.05, 0.1) is 36.6 Å². The number of unbranched alkanes of at least 4 members (excludes halogenated alkanes) is 20. The number of aromatic carboxylic acids is 2. The monoisotopic (exact) mass is 762 g/mol. The Morgan fingerprint density at radius 2 is 0.840 bits per heavy atom. The van der Waals surface area contributed by atoms with E-state index in [4.69, 9.17) is 4.55 Å². The first kappa shape index (κ1) is 51.0. The Labute approximate surface area is 311 Å². The van der Waals surface area contributed by atoms with Gasteiger partial charge in [0.2, 0.25) is 0 Å². The summed E-state index contributed by atoms with van der Waals surface area (Å²) in [4.78, 5) is 19.9. The molecule has 294 valence electrons. The fourth-order valence-electron chi connectivity index (χ4n) is 5.57. The van der Waals surface area contributed by atoms with Crippen molar-refractivity contribution in [2.24, 2.45) is 0 Å². The van der Waals surface area contributed by atoms with E-state index >= 15 is 0 Å². The zero-order valence-electron chi connectivity index (χ0n) is 32.5. The zero-order chi connectivity index (χ0) is 37.7. The molecule has 0 radical (unpaired) electrons. The van der Waals surface area contributed by atoms with Gasteiger partial charge < -0.3 is 19.8 Å². The highest BCUT2D eigenvalue weighted by atomic mass is 32.2. The first-order chi connectivity index (χ1) is 24.1. The Morgan fingerprint density at radius 1 is 0.520 bits per heavy atom. The average molecular weight is 763 g/mol. The van der Waals surface area contributed by atoms with Crippen molar-refractivity contribution in [2.45, 2.75) is 187 Å². The van der Waals surface area contributed by atoms with Crippen LogP contribution in [-0.4, -0.2) is 49.6 Å². The smallest absolute Gasteiger partial charge is 0.295 e. The van der Waals surface area contributed by atoms with Gasteiger partial charge in [-0.15, -0.1) is 0 Å². The predicted molar refractivity (Wildman–Crippen MR) is 217 cm³/mol. The lowest BCUT2D eigenvalue weighted by molar-refractivity contribution is -0.256. The molecule has 2 unspecified atom stereocenters. The Morgan fingerprint density at radius 3 is 1.14 bits per heavy atom. The van der Waals surface area contributed by atoms with Crippen LogP contribution in [0.25, 0.3) is 0 Å². The Balaban J connectivity index is 0. The summed E-state index contributed by atoms with van der Waals surface area (Å²) in [5, 5.41) is 20.9. The Kier molecular flexibility index (Phi) is 38.5. The molecule has 0 aromatic heterocycles. The lowest BCUT2D eigenvalue weighted by atomic mass is 10.1. The van der Waals surface area contributed by atoms with Gasteiger partial charge in [0.25, 0.3) is 10.1 Å². The standard InChI is InChI=1S/2C16H35P.C8H6O7S/c2*1-3-5-7-8-9-10-11-12-13-14-16-17-15-6-4-2;9-7(10)4-1-2-5(8(11)12)6(3-4)16(13,14)15/h2*17H,3-16H2,1-2H3;1-3H,(H,9,10)(H,11,12)(H,13,14,15). The van der Waals surface area contributed by atoms with Crippen molar-refractivity contribution in [3.05, 3.63) is 29.3 Å². The van der Waals surface area contributed by atoms with Crippen molar-refractivity contribution in [1.82, 2.24) is 0 Å². The van der Waals surface area contributed by atoms with E-state index in [0.29, 0.717) is 12.1 Å². The summed E-state index contributed by atoms with van der Waals surface area (Å²) in [6, 6.07) is 2.01. The fraction of sp³-hybridized carbons (Fsp3) is 0.800. The summed E-state index contributed by atoms with van der Waals surface area (Å²) in [5.74, 6) is -3.55. The fourth-order valence-corrected chi connectivity index (χ4v) is 9.40. The van der Waals surface area contributed by atoms with E-state index in [0.717, 1.165) is 23.2 Å². The molecule has 0 saturated heterocycles. The first-order valence-corrected chi connectivity index (χ1v) is 24.9. The maximum atomic E-state index is 10.8. The van der Waals surface area contributed by atoms with Crippen molar-refractivity contribution in [1.29, 1.82) is 0 Å². The van der Waals surface area contributed by atoms with Gasteiger partial charge in [0, 0.05) is 5.56 Å². The summed E-state index contributed by atoms with van der Waals surface area (Å²) in [5.41, 5.74) is -1.40. The van der Waals surface area contributed by atoms with E-state index in [1.807, 2.05) is 0 Å². The third kappa shape index (κ3) is 34.0. The maximum absolute atomic E-state index is 10.8. The first-order valence-electron chi connectivity index (χ1n) is 20.2.